The molecule has 0 radical (unpaired) electrons. The van der Waals surface area contributed by atoms with E-state index in [1.54, 1.807) is 7.11 Å². The van der Waals surface area contributed by atoms with Gasteiger partial charge in [-0.1, -0.05) is 6.08 Å². The van der Waals surface area contributed by atoms with E-state index in [9.17, 15) is 0 Å². The second-order valence-corrected chi connectivity index (χ2v) is 4.56. The number of nitrogens with zero attached hydrogens (tertiary/aromatic N) is 1. The Morgan fingerprint density at radius 1 is 1.47 bits per heavy atom. The van der Waals surface area contributed by atoms with Gasteiger partial charge in [0.2, 0.25) is 0 Å². The van der Waals surface area contributed by atoms with Crippen LogP contribution in [0.3, 0.4) is 0 Å². The minimum Gasteiger partial charge on any atom is -0.383 e. The van der Waals surface area contributed by atoms with Gasteiger partial charge in [-0.3, -0.25) is 4.90 Å². The maximum atomic E-state index is 5.98. The Labute approximate surface area is 105 Å². The molecule has 1 heterocycles. The molecule has 2 unspecified atom stereocenters. The molecule has 0 saturated carbocycles. The molecule has 1 fully saturated rings. The van der Waals surface area contributed by atoms with Crippen LogP contribution < -0.4 is 5.32 Å². The van der Waals surface area contributed by atoms with Crippen LogP contribution in [0.2, 0.25) is 0 Å². The largest absolute Gasteiger partial charge is 0.383 e. The van der Waals surface area contributed by atoms with Gasteiger partial charge in [-0.05, 0) is 19.9 Å². The zero-order valence-corrected chi connectivity index (χ0v) is 11.2. The van der Waals surface area contributed by atoms with Gasteiger partial charge in [0.1, 0.15) is 0 Å². The average Bonchev–Trinajstić information content (AvgIpc) is 2.74. The van der Waals surface area contributed by atoms with Gasteiger partial charge in [0.15, 0.2) is 0 Å². The maximum absolute atomic E-state index is 5.98. The lowest BCUT2D eigenvalue weighted by Crippen LogP contribution is -2.35. The van der Waals surface area contributed by atoms with Crippen LogP contribution >= 0.6 is 0 Å². The fourth-order valence-corrected chi connectivity index (χ4v) is 2.24. The zero-order valence-electron chi connectivity index (χ0n) is 11.2. The normalized spacial score (nSPS) is 24.4. The SMILES string of the molecule is C=CCN(CCOC)CC1CCC(CNC)O1. The minimum absolute atomic E-state index is 0.366. The lowest BCUT2D eigenvalue weighted by molar-refractivity contribution is 0.0219. The van der Waals surface area contributed by atoms with E-state index in [-0.39, 0.29) is 0 Å². The highest BCUT2D eigenvalue weighted by Crippen LogP contribution is 2.19. The lowest BCUT2D eigenvalue weighted by Gasteiger charge is -2.24. The quantitative estimate of drug-likeness (QED) is 0.609. The monoisotopic (exact) mass is 242 g/mol. The van der Waals surface area contributed by atoms with Gasteiger partial charge in [0.05, 0.1) is 18.8 Å². The van der Waals surface area contributed by atoms with Crippen LogP contribution in [0.15, 0.2) is 12.7 Å². The molecule has 0 aromatic carbocycles. The van der Waals surface area contributed by atoms with Crippen molar-refractivity contribution < 1.29 is 9.47 Å². The second kappa shape index (κ2) is 8.64. The molecule has 1 N–H and O–H groups in total. The van der Waals surface area contributed by atoms with Crippen LogP contribution in [0.4, 0.5) is 0 Å². The summed E-state index contributed by atoms with van der Waals surface area (Å²) in [5.41, 5.74) is 0. The molecular weight excluding hydrogens is 216 g/mol. The summed E-state index contributed by atoms with van der Waals surface area (Å²) >= 11 is 0. The van der Waals surface area contributed by atoms with Crippen molar-refractivity contribution in [2.45, 2.75) is 25.0 Å². The summed E-state index contributed by atoms with van der Waals surface area (Å²) in [6, 6.07) is 0. The van der Waals surface area contributed by atoms with Gasteiger partial charge < -0.3 is 14.8 Å². The molecule has 0 spiro atoms. The summed E-state index contributed by atoms with van der Waals surface area (Å²) in [6.07, 6.45) is 5.02. The molecule has 17 heavy (non-hydrogen) atoms. The van der Waals surface area contributed by atoms with E-state index in [0.717, 1.165) is 45.6 Å². The van der Waals surface area contributed by atoms with Crippen molar-refractivity contribution in [1.82, 2.24) is 10.2 Å². The van der Waals surface area contributed by atoms with Crippen LogP contribution in [0.1, 0.15) is 12.8 Å². The van der Waals surface area contributed by atoms with Gasteiger partial charge in [-0.15, -0.1) is 6.58 Å². The molecule has 0 bridgehead atoms. The van der Waals surface area contributed by atoms with Crippen LogP contribution in [0, 0.1) is 0 Å². The van der Waals surface area contributed by atoms with E-state index < -0.39 is 0 Å². The predicted octanol–water partition coefficient (Wildman–Crippen LogP) is 0.888. The molecule has 0 amide bonds. The van der Waals surface area contributed by atoms with E-state index in [4.69, 9.17) is 9.47 Å². The van der Waals surface area contributed by atoms with Crippen molar-refractivity contribution in [3.63, 3.8) is 0 Å². The Balaban J connectivity index is 2.27. The van der Waals surface area contributed by atoms with E-state index in [2.05, 4.69) is 16.8 Å². The summed E-state index contributed by atoms with van der Waals surface area (Å²) in [5, 5.41) is 3.17. The molecule has 2 atom stereocenters. The molecule has 0 aromatic heterocycles. The van der Waals surface area contributed by atoms with E-state index >= 15 is 0 Å². The Morgan fingerprint density at radius 3 is 2.88 bits per heavy atom. The smallest absolute Gasteiger partial charge is 0.0707 e. The lowest BCUT2D eigenvalue weighted by atomic mass is 10.2. The summed E-state index contributed by atoms with van der Waals surface area (Å²) in [5.74, 6) is 0. The van der Waals surface area contributed by atoms with E-state index in [1.807, 2.05) is 13.1 Å². The van der Waals surface area contributed by atoms with Gasteiger partial charge >= 0.3 is 0 Å². The van der Waals surface area contributed by atoms with E-state index in [1.165, 1.54) is 0 Å². The summed E-state index contributed by atoms with van der Waals surface area (Å²) in [4.78, 5) is 2.34. The Bertz CT molecular complexity index is 212. The zero-order chi connectivity index (χ0) is 12.5. The Kier molecular flexibility index (Phi) is 7.44. The van der Waals surface area contributed by atoms with Crippen molar-refractivity contribution in [2.24, 2.45) is 0 Å². The van der Waals surface area contributed by atoms with Crippen LogP contribution in [0.25, 0.3) is 0 Å². The topological polar surface area (TPSA) is 33.7 Å². The molecule has 1 saturated heterocycles. The van der Waals surface area contributed by atoms with Crippen molar-refractivity contribution >= 4 is 0 Å². The number of methoxy groups -OCH3 is 1. The van der Waals surface area contributed by atoms with Crippen molar-refractivity contribution in [2.75, 3.05) is 46.9 Å². The van der Waals surface area contributed by atoms with Crippen LogP contribution in [-0.2, 0) is 9.47 Å². The standard InChI is InChI=1S/C13H26N2O2/c1-4-7-15(8-9-16-3)11-13-6-5-12(17-13)10-14-2/h4,12-14H,1,5-11H2,2-3H3. The van der Waals surface area contributed by atoms with Crippen molar-refractivity contribution in [1.29, 1.82) is 0 Å². The van der Waals surface area contributed by atoms with Crippen LogP contribution in [-0.4, -0.2) is 64.1 Å². The molecule has 1 aliphatic rings. The number of ether oxygens (including phenoxy) is 2. The fraction of sp³-hybridized carbons (Fsp3) is 0.846. The van der Waals surface area contributed by atoms with Crippen molar-refractivity contribution in [3.05, 3.63) is 12.7 Å². The number of hydrogen-bond acceptors (Lipinski definition) is 4. The molecule has 0 aromatic rings. The maximum Gasteiger partial charge on any atom is 0.0707 e. The Morgan fingerprint density at radius 2 is 2.24 bits per heavy atom. The average molecular weight is 242 g/mol. The third-order valence-electron chi connectivity index (χ3n) is 3.09. The Hall–Kier alpha value is -0.420. The second-order valence-electron chi connectivity index (χ2n) is 4.56. The highest BCUT2D eigenvalue weighted by Gasteiger charge is 2.25. The fourth-order valence-electron chi connectivity index (χ4n) is 2.24. The summed E-state index contributed by atoms with van der Waals surface area (Å²) < 4.78 is 11.1. The van der Waals surface area contributed by atoms with Gasteiger partial charge in [0, 0.05) is 33.3 Å². The molecule has 1 rings (SSSR count). The number of hydrogen-bond donors (Lipinski definition) is 1. The number of nitrogens with one attached hydrogen (secondary N) is 1. The van der Waals surface area contributed by atoms with E-state index in [0.29, 0.717) is 12.2 Å². The molecule has 4 heteroatoms. The highest BCUT2D eigenvalue weighted by molar-refractivity contribution is 4.80. The number of likely N-dealkylation sites (N-methyl/N-ethyl adjacent to an activating group) is 1. The van der Waals surface area contributed by atoms with Crippen LogP contribution in [0.5, 0.6) is 0 Å². The molecular formula is C13H26N2O2. The van der Waals surface area contributed by atoms with Gasteiger partial charge in [-0.25, -0.2) is 0 Å². The first-order chi connectivity index (χ1) is 8.30. The first kappa shape index (κ1) is 14.6. The first-order valence-corrected chi connectivity index (χ1v) is 6.42. The molecule has 1 aliphatic heterocycles. The highest BCUT2D eigenvalue weighted by atomic mass is 16.5. The minimum atomic E-state index is 0.366. The molecule has 100 valence electrons. The van der Waals surface area contributed by atoms with Crippen molar-refractivity contribution in [3.8, 4) is 0 Å². The third kappa shape index (κ3) is 5.64. The molecule has 4 nitrogen and oxygen atoms in total. The first-order valence-electron chi connectivity index (χ1n) is 6.42. The summed E-state index contributed by atoms with van der Waals surface area (Å²) in [6.45, 7) is 8.34. The number of rotatable bonds is 9. The summed E-state index contributed by atoms with van der Waals surface area (Å²) in [7, 11) is 3.71. The predicted molar refractivity (Wildman–Crippen MR) is 70.3 cm³/mol. The third-order valence-corrected chi connectivity index (χ3v) is 3.09. The van der Waals surface area contributed by atoms with Gasteiger partial charge in [0.25, 0.3) is 0 Å². The molecule has 0 aliphatic carbocycles. The van der Waals surface area contributed by atoms with Gasteiger partial charge in [-0.2, -0.15) is 0 Å².